The third-order valence-electron chi connectivity index (χ3n) is 1.44. The van der Waals surface area contributed by atoms with Crippen molar-refractivity contribution < 1.29 is 4.84 Å². The third kappa shape index (κ3) is 2.48. The monoisotopic (exact) mass is 275 g/mol. The number of alkyl halides is 1. The molecule has 1 rings (SSSR count). The average Bonchev–Trinajstić information content (AvgIpc) is 2.15. The summed E-state index contributed by atoms with van der Waals surface area (Å²) >= 11 is 2.27. The van der Waals surface area contributed by atoms with Gasteiger partial charge in [-0.2, -0.15) is 0 Å². The molecule has 0 spiro atoms. The molecule has 0 N–H and O–H groups in total. The van der Waals surface area contributed by atoms with Crippen molar-refractivity contribution in [2.75, 3.05) is 11.5 Å². The van der Waals surface area contributed by atoms with Gasteiger partial charge in [-0.25, -0.2) is 0 Å². The van der Waals surface area contributed by atoms with E-state index >= 15 is 0 Å². The zero-order chi connectivity index (χ0) is 8.81. The molecule has 0 aliphatic rings. The van der Waals surface area contributed by atoms with E-state index in [9.17, 15) is 0 Å². The van der Waals surface area contributed by atoms with Crippen LogP contribution in [-0.4, -0.2) is 17.2 Å². The van der Waals surface area contributed by atoms with Gasteiger partial charge < -0.3 is 4.84 Å². The maximum absolute atomic E-state index is 4.73. The SMILES string of the molecule is CO/N=C(\CI)c1ccccc1. The van der Waals surface area contributed by atoms with Crippen molar-refractivity contribution in [2.45, 2.75) is 0 Å². The molecule has 0 unspecified atom stereocenters. The van der Waals surface area contributed by atoms with Crippen LogP contribution in [0.5, 0.6) is 0 Å². The predicted molar refractivity (Wildman–Crippen MR) is 58.9 cm³/mol. The zero-order valence-corrected chi connectivity index (χ0v) is 8.98. The first kappa shape index (κ1) is 9.51. The molecule has 0 bridgehead atoms. The molecule has 0 heterocycles. The van der Waals surface area contributed by atoms with Crippen LogP contribution in [0.25, 0.3) is 0 Å². The van der Waals surface area contributed by atoms with Gasteiger partial charge in [0, 0.05) is 9.99 Å². The van der Waals surface area contributed by atoms with Crippen molar-refractivity contribution >= 4 is 28.3 Å². The summed E-state index contributed by atoms with van der Waals surface area (Å²) in [4.78, 5) is 4.73. The van der Waals surface area contributed by atoms with Crippen molar-refractivity contribution in [3.05, 3.63) is 35.9 Å². The number of benzene rings is 1. The molecule has 0 saturated heterocycles. The maximum atomic E-state index is 4.73. The molecule has 0 fully saturated rings. The van der Waals surface area contributed by atoms with Gasteiger partial charge in [0.05, 0.1) is 5.71 Å². The molecular weight excluding hydrogens is 265 g/mol. The number of oxime groups is 1. The molecule has 1 aromatic carbocycles. The van der Waals surface area contributed by atoms with Gasteiger partial charge in [-0.3, -0.25) is 0 Å². The minimum absolute atomic E-state index is 0.857. The van der Waals surface area contributed by atoms with Crippen LogP contribution < -0.4 is 0 Å². The van der Waals surface area contributed by atoms with Gasteiger partial charge >= 0.3 is 0 Å². The van der Waals surface area contributed by atoms with Crippen molar-refractivity contribution in [1.82, 2.24) is 0 Å². The Kier molecular flexibility index (Phi) is 4.07. The number of rotatable bonds is 3. The summed E-state index contributed by atoms with van der Waals surface area (Å²) in [6, 6.07) is 10.0. The highest BCUT2D eigenvalue weighted by Gasteiger charge is 1.99. The first-order chi connectivity index (χ1) is 5.88. The summed E-state index contributed by atoms with van der Waals surface area (Å²) in [6.07, 6.45) is 0. The van der Waals surface area contributed by atoms with Gasteiger partial charge in [0.15, 0.2) is 0 Å². The van der Waals surface area contributed by atoms with Crippen LogP contribution >= 0.6 is 22.6 Å². The Morgan fingerprint density at radius 2 is 2.08 bits per heavy atom. The summed E-state index contributed by atoms with van der Waals surface area (Å²) < 4.78 is 0.857. The lowest BCUT2D eigenvalue weighted by atomic mass is 10.1. The van der Waals surface area contributed by atoms with Gasteiger partial charge in [0.25, 0.3) is 0 Å². The highest BCUT2D eigenvalue weighted by molar-refractivity contribution is 14.1. The molecular formula is C9H10INO. The molecule has 0 atom stereocenters. The Morgan fingerprint density at radius 3 is 2.58 bits per heavy atom. The Morgan fingerprint density at radius 1 is 1.42 bits per heavy atom. The summed E-state index contributed by atoms with van der Waals surface area (Å²) in [5, 5.41) is 3.92. The van der Waals surface area contributed by atoms with E-state index in [0.717, 1.165) is 15.7 Å². The van der Waals surface area contributed by atoms with Crippen LogP contribution in [0, 0.1) is 0 Å². The fourth-order valence-electron chi connectivity index (χ4n) is 0.895. The van der Waals surface area contributed by atoms with E-state index in [1.165, 1.54) is 0 Å². The van der Waals surface area contributed by atoms with Crippen molar-refractivity contribution in [3.8, 4) is 0 Å². The Hall–Kier alpha value is -0.580. The molecule has 0 radical (unpaired) electrons. The standard InChI is InChI=1S/C9H10INO/c1-12-11-9(7-10)8-5-3-2-4-6-8/h2-6H,7H2,1H3/b11-9+. The second kappa shape index (κ2) is 5.13. The lowest BCUT2D eigenvalue weighted by molar-refractivity contribution is 0.213. The smallest absolute Gasteiger partial charge is 0.106 e. The summed E-state index contributed by atoms with van der Waals surface area (Å²) in [7, 11) is 1.56. The van der Waals surface area contributed by atoms with E-state index in [1.54, 1.807) is 7.11 Å². The third-order valence-corrected chi connectivity index (χ3v) is 2.16. The summed E-state index contributed by atoms with van der Waals surface area (Å²) in [6.45, 7) is 0. The van der Waals surface area contributed by atoms with Crippen LogP contribution in [0.3, 0.4) is 0 Å². The lowest BCUT2D eigenvalue weighted by Crippen LogP contribution is -2.02. The molecule has 0 saturated carbocycles. The highest BCUT2D eigenvalue weighted by Crippen LogP contribution is 2.03. The molecule has 0 aliphatic carbocycles. The average molecular weight is 275 g/mol. The van der Waals surface area contributed by atoms with Crippen molar-refractivity contribution in [3.63, 3.8) is 0 Å². The van der Waals surface area contributed by atoms with Crippen molar-refractivity contribution in [1.29, 1.82) is 0 Å². The molecule has 12 heavy (non-hydrogen) atoms. The van der Waals surface area contributed by atoms with Crippen LogP contribution in [-0.2, 0) is 4.84 Å². The minimum atomic E-state index is 0.857. The van der Waals surface area contributed by atoms with E-state index in [0.29, 0.717) is 0 Å². The Bertz CT molecular complexity index is 258. The second-order valence-electron chi connectivity index (χ2n) is 2.22. The van der Waals surface area contributed by atoms with E-state index in [2.05, 4.69) is 27.7 Å². The van der Waals surface area contributed by atoms with Gasteiger partial charge in [-0.1, -0.05) is 58.1 Å². The summed E-state index contributed by atoms with van der Waals surface area (Å²) in [5.74, 6) is 0. The maximum Gasteiger partial charge on any atom is 0.106 e. The minimum Gasteiger partial charge on any atom is -0.399 e. The molecule has 64 valence electrons. The first-order valence-corrected chi connectivity index (χ1v) is 5.12. The van der Waals surface area contributed by atoms with Crippen LogP contribution in [0.2, 0.25) is 0 Å². The van der Waals surface area contributed by atoms with Gasteiger partial charge in [0.1, 0.15) is 7.11 Å². The first-order valence-electron chi connectivity index (χ1n) is 3.60. The molecule has 1 aromatic rings. The van der Waals surface area contributed by atoms with Crippen molar-refractivity contribution in [2.24, 2.45) is 5.16 Å². The highest BCUT2D eigenvalue weighted by atomic mass is 127. The molecule has 3 heteroatoms. The predicted octanol–water partition coefficient (Wildman–Crippen LogP) is 2.47. The fraction of sp³-hybridized carbons (Fsp3) is 0.222. The van der Waals surface area contributed by atoms with Gasteiger partial charge in [-0.05, 0) is 0 Å². The summed E-state index contributed by atoms with van der Waals surface area (Å²) in [5.41, 5.74) is 2.09. The topological polar surface area (TPSA) is 21.6 Å². The fourth-order valence-corrected chi connectivity index (χ4v) is 1.47. The molecule has 0 aromatic heterocycles. The van der Waals surface area contributed by atoms with Crippen LogP contribution in [0.4, 0.5) is 0 Å². The lowest BCUT2D eigenvalue weighted by Gasteiger charge is -2.00. The van der Waals surface area contributed by atoms with E-state index in [1.807, 2.05) is 30.3 Å². The van der Waals surface area contributed by atoms with Gasteiger partial charge in [-0.15, -0.1) is 0 Å². The molecule has 0 amide bonds. The Labute approximate surface area is 85.8 Å². The number of nitrogens with zero attached hydrogens (tertiary/aromatic N) is 1. The van der Waals surface area contributed by atoms with Crippen LogP contribution in [0.15, 0.2) is 35.5 Å². The van der Waals surface area contributed by atoms with E-state index in [-0.39, 0.29) is 0 Å². The largest absolute Gasteiger partial charge is 0.399 e. The zero-order valence-electron chi connectivity index (χ0n) is 6.83. The van der Waals surface area contributed by atoms with E-state index < -0.39 is 0 Å². The molecule has 2 nitrogen and oxygen atoms in total. The number of hydrogen-bond acceptors (Lipinski definition) is 2. The van der Waals surface area contributed by atoms with Crippen LogP contribution in [0.1, 0.15) is 5.56 Å². The number of halogens is 1. The molecule has 0 aliphatic heterocycles. The quantitative estimate of drug-likeness (QED) is 0.359. The normalized spacial score (nSPS) is 11.3. The Balaban J connectivity index is 2.88. The number of hydrogen-bond donors (Lipinski definition) is 0. The van der Waals surface area contributed by atoms with Gasteiger partial charge in [0.2, 0.25) is 0 Å². The van der Waals surface area contributed by atoms with E-state index in [4.69, 9.17) is 4.84 Å². The second-order valence-corrected chi connectivity index (χ2v) is 2.98.